The average molecular weight is 340 g/mol. The molecule has 1 aliphatic rings. The lowest BCUT2D eigenvalue weighted by Crippen LogP contribution is -2.31. The molecule has 0 N–H and O–H groups in total. The molecular weight excluding hydrogens is 320 g/mol. The molecule has 2 aromatic heterocycles. The molecule has 8 heteroatoms. The van der Waals surface area contributed by atoms with E-state index in [4.69, 9.17) is 4.52 Å². The summed E-state index contributed by atoms with van der Waals surface area (Å²) in [7, 11) is 0. The van der Waals surface area contributed by atoms with E-state index in [2.05, 4.69) is 20.5 Å². The second kappa shape index (κ2) is 6.27. The van der Waals surface area contributed by atoms with E-state index in [-0.39, 0.29) is 11.9 Å². The normalized spacial score (nSPS) is 17.5. The van der Waals surface area contributed by atoms with Crippen molar-refractivity contribution in [3.63, 3.8) is 0 Å². The van der Waals surface area contributed by atoms with Crippen LogP contribution in [0.3, 0.4) is 0 Å². The van der Waals surface area contributed by atoms with Crippen LogP contribution in [0.2, 0.25) is 0 Å². The average Bonchev–Trinajstić information content (AvgIpc) is 3.38. The van der Waals surface area contributed by atoms with Gasteiger partial charge in [-0.3, -0.25) is 4.79 Å². The number of rotatable bonds is 4. The van der Waals surface area contributed by atoms with Gasteiger partial charge in [0.15, 0.2) is 5.82 Å². The Kier molecular flexibility index (Phi) is 3.95. The predicted molar refractivity (Wildman–Crippen MR) is 89.9 cm³/mol. The Labute approximate surface area is 144 Å². The van der Waals surface area contributed by atoms with Crippen molar-refractivity contribution in [1.82, 2.24) is 30.0 Å². The summed E-state index contributed by atoms with van der Waals surface area (Å²) >= 11 is 0. The van der Waals surface area contributed by atoms with Crippen LogP contribution in [0, 0.1) is 0 Å². The van der Waals surface area contributed by atoms with E-state index in [9.17, 15) is 4.79 Å². The Hall–Kier alpha value is -2.77. The molecule has 1 aromatic carbocycles. The minimum absolute atomic E-state index is 0.0294. The lowest BCUT2D eigenvalue weighted by Gasteiger charge is -2.22. The van der Waals surface area contributed by atoms with E-state index >= 15 is 0 Å². The number of likely N-dealkylation sites (tertiary alicyclic amines) is 1. The van der Waals surface area contributed by atoms with Gasteiger partial charge in [-0.25, -0.2) is 4.68 Å². The van der Waals surface area contributed by atoms with Gasteiger partial charge in [0.1, 0.15) is 5.52 Å². The highest BCUT2D eigenvalue weighted by Crippen LogP contribution is 2.32. The zero-order valence-corrected chi connectivity index (χ0v) is 14.3. The highest BCUT2D eigenvalue weighted by molar-refractivity contribution is 5.97. The second-order valence-electron chi connectivity index (χ2n) is 6.17. The summed E-state index contributed by atoms with van der Waals surface area (Å²) in [6, 6.07) is 5.42. The Morgan fingerprint density at radius 3 is 3.00 bits per heavy atom. The van der Waals surface area contributed by atoms with Crippen LogP contribution >= 0.6 is 0 Å². The van der Waals surface area contributed by atoms with Crippen LogP contribution < -0.4 is 0 Å². The molecule has 0 radical (unpaired) electrons. The van der Waals surface area contributed by atoms with Gasteiger partial charge in [0.2, 0.25) is 5.89 Å². The SMILES string of the molecule is CCc1nc(C2CCCN2C(=O)c2ccc3c(c2)nnn3CC)no1. The number of fused-ring (bicyclic) bond motifs is 1. The van der Waals surface area contributed by atoms with Gasteiger partial charge in [-0.2, -0.15) is 4.98 Å². The van der Waals surface area contributed by atoms with Crippen molar-refractivity contribution in [1.29, 1.82) is 0 Å². The van der Waals surface area contributed by atoms with Gasteiger partial charge in [-0.1, -0.05) is 17.3 Å². The molecule has 1 unspecified atom stereocenters. The van der Waals surface area contributed by atoms with Crippen LogP contribution in [-0.2, 0) is 13.0 Å². The quantitative estimate of drug-likeness (QED) is 0.724. The first kappa shape index (κ1) is 15.7. The molecule has 25 heavy (non-hydrogen) atoms. The van der Waals surface area contributed by atoms with Crippen molar-refractivity contribution in [3.05, 3.63) is 35.5 Å². The molecule has 3 heterocycles. The number of hydrogen-bond acceptors (Lipinski definition) is 6. The van der Waals surface area contributed by atoms with Crippen LogP contribution in [0.1, 0.15) is 54.8 Å². The Morgan fingerprint density at radius 2 is 2.24 bits per heavy atom. The summed E-state index contributed by atoms with van der Waals surface area (Å²) < 4.78 is 7.03. The van der Waals surface area contributed by atoms with Crippen molar-refractivity contribution in [2.75, 3.05) is 6.54 Å². The molecule has 8 nitrogen and oxygen atoms in total. The fourth-order valence-electron chi connectivity index (χ4n) is 3.33. The lowest BCUT2D eigenvalue weighted by molar-refractivity contribution is 0.0728. The third-order valence-corrected chi connectivity index (χ3v) is 4.66. The zero-order chi connectivity index (χ0) is 17.4. The van der Waals surface area contributed by atoms with E-state index < -0.39 is 0 Å². The summed E-state index contributed by atoms with van der Waals surface area (Å²) in [6.45, 7) is 5.42. The van der Waals surface area contributed by atoms with E-state index in [0.717, 1.165) is 30.4 Å². The summed E-state index contributed by atoms with van der Waals surface area (Å²) in [5.74, 6) is 1.17. The van der Waals surface area contributed by atoms with Gasteiger partial charge in [0.25, 0.3) is 5.91 Å². The number of hydrogen-bond donors (Lipinski definition) is 0. The topological polar surface area (TPSA) is 89.9 Å². The highest BCUT2D eigenvalue weighted by atomic mass is 16.5. The summed E-state index contributed by atoms with van der Waals surface area (Å²) in [5, 5.41) is 12.3. The number of carbonyl (C=O) groups excluding carboxylic acids is 1. The van der Waals surface area contributed by atoms with Crippen LogP contribution in [0.5, 0.6) is 0 Å². The summed E-state index contributed by atoms with van der Waals surface area (Å²) in [6.07, 6.45) is 2.47. The maximum absolute atomic E-state index is 13.0. The number of nitrogens with zero attached hydrogens (tertiary/aromatic N) is 6. The smallest absolute Gasteiger partial charge is 0.254 e. The number of aryl methyl sites for hydroxylation is 2. The molecule has 1 saturated heterocycles. The van der Waals surface area contributed by atoms with E-state index in [1.54, 1.807) is 6.07 Å². The maximum atomic E-state index is 13.0. The fraction of sp³-hybridized carbons (Fsp3) is 0.471. The van der Waals surface area contributed by atoms with E-state index in [0.29, 0.717) is 30.2 Å². The Bertz CT molecular complexity index is 915. The standard InChI is InChI=1S/C17H20N6O2/c1-3-15-18-16(20-25-15)14-6-5-9-22(14)17(24)11-7-8-13-12(10-11)19-21-23(13)4-2/h7-8,10,14H,3-6,9H2,1-2H3. The largest absolute Gasteiger partial charge is 0.339 e. The number of carbonyl (C=O) groups is 1. The summed E-state index contributed by atoms with van der Waals surface area (Å²) in [5.41, 5.74) is 2.28. The Balaban J connectivity index is 1.62. The third kappa shape index (κ3) is 2.67. The molecule has 1 atom stereocenters. The third-order valence-electron chi connectivity index (χ3n) is 4.66. The monoisotopic (exact) mass is 340 g/mol. The minimum Gasteiger partial charge on any atom is -0.339 e. The molecule has 0 aliphatic carbocycles. The molecule has 0 bridgehead atoms. The maximum Gasteiger partial charge on any atom is 0.254 e. The van der Waals surface area contributed by atoms with Gasteiger partial charge in [0, 0.05) is 25.1 Å². The molecule has 0 spiro atoms. The molecule has 1 aliphatic heterocycles. The molecule has 4 rings (SSSR count). The molecule has 0 saturated carbocycles. The van der Waals surface area contributed by atoms with Crippen LogP contribution in [0.15, 0.2) is 22.7 Å². The predicted octanol–water partition coefficient (Wildman–Crippen LogP) is 2.37. The van der Waals surface area contributed by atoms with Crippen molar-refractivity contribution < 1.29 is 9.32 Å². The second-order valence-corrected chi connectivity index (χ2v) is 6.17. The first-order chi connectivity index (χ1) is 12.2. The molecule has 1 fully saturated rings. The zero-order valence-electron chi connectivity index (χ0n) is 14.3. The highest BCUT2D eigenvalue weighted by Gasteiger charge is 2.34. The van der Waals surface area contributed by atoms with E-state index in [1.165, 1.54) is 0 Å². The van der Waals surface area contributed by atoms with Crippen LogP contribution in [0.4, 0.5) is 0 Å². The molecule has 130 valence electrons. The Morgan fingerprint density at radius 1 is 1.36 bits per heavy atom. The number of benzene rings is 1. The first-order valence-electron chi connectivity index (χ1n) is 8.68. The molecule has 1 amide bonds. The van der Waals surface area contributed by atoms with Crippen LogP contribution in [0.25, 0.3) is 11.0 Å². The first-order valence-corrected chi connectivity index (χ1v) is 8.68. The van der Waals surface area contributed by atoms with Gasteiger partial charge < -0.3 is 9.42 Å². The van der Waals surface area contributed by atoms with Crippen molar-refractivity contribution in [3.8, 4) is 0 Å². The van der Waals surface area contributed by atoms with Crippen molar-refractivity contribution in [2.24, 2.45) is 0 Å². The molecular formula is C17H20N6O2. The number of amides is 1. The van der Waals surface area contributed by atoms with Crippen LogP contribution in [-0.4, -0.2) is 42.5 Å². The van der Waals surface area contributed by atoms with Crippen molar-refractivity contribution in [2.45, 2.75) is 45.7 Å². The van der Waals surface area contributed by atoms with Gasteiger partial charge in [-0.15, -0.1) is 5.10 Å². The van der Waals surface area contributed by atoms with Gasteiger partial charge >= 0.3 is 0 Å². The lowest BCUT2D eigenvalue weighted by atomic mass is 10.1. The van der Waals surface area contributed by atoms with E-state index in [1.807, 2.05) is 35.6 Å². The molecule has 3 aromatic rings. The van der Waals surface area contributed by atoms with Gasteiger partial charge in [-0.05, 0) is 38.0 Å². The minimum atomic E-state index is -0.126. The number of aromatic nitrogens is 5. The van der Waals surface area contributed by atoms with Crippen molar-refractivity contribution >= 4 is 16.9 Å². The van der Waals surface area contributed by atoms with Gasteiger partial charge in [0.05, 0.1) is 11.6 Å². The summed E-state index contributed by atoms with van der Waals surface area (Å²) in [4.78, 5) is 19.2. The fourth-order valence-corrected chi connectivity index (χ4v) is 3.33.